The van der Waals surface area contributed by atoms with Crippen LogP contribution in [0, 0.1) is 0 Å². The number of hydrogen-bond acceptors (Lipinski definition) is 7. The maximum Gasteiger partial charge on any atom is 0.246 e. The lowest BCUT2D eigenvalue weighted by Crippen LogP contribution is -2.39. The number of halogens is 2. The van der Waals surface area contributed by atoms with Crippen LogP contribution in [-0.2, 0) is 23.1 Å². The SMILES string of the molecule is C=CC(=O)N1Cc2cc(-c3nc(-c4ccc5c(cnn5C)c4)c4ccsc4c3C=C(F)/C=C/F)nn2C(C)C1.C=COCC(C)O. The molecule has 0 radical (unpaired) electrons. The molecule has 6 rings (SSSR count). The van der Waals surface area contributed by atoms with Crippen molar-refractivity contribution in [2.45, 2.75) is 32.5 Å². The van der Waals surface area contributed by atoms with Gasteiger partial charge in [-0.25, -0.2) is 13.8 Å². The number of benzene rings is 1. The molecular weight excluding hydrogens is 610 g/mol. The first kappa shape index (κ1) is 32.5. The molecule has 2 unspecified atom stereocenters. The number of hydrogen-bond donors (Lipinski definition) is 1. The molecule has 1 amide bonds. The van der Waals surface area contributed by atoms with Crippen LogP contribution in [0.1, 0.15) is 31.1 Å². The number of carbonyl (C=O) groups excluding carboxylic acids is 1. The fourth-order valence-corrected chi connectivity index (χ4v) is 6.27. The molecule has 46 heavy (non-hydrogen) atoms. The monoisotopic (exact) mass is 644 g/mol. The van der Waals surface area contributed by atoms with E-state index < -0.39 is 11.9 Å². The summed E-state index contributed by atoms with van der Waals surface area (Å²) in [5, 5.41) is 21.5. The average molecular weight is 645 g/mol. The zero-order valence-corrected chi connectivity index (χ0v) is 26.5. The Bertz CT molecular complexity index is 1970. The molecule has 0 spiro atoms. The molecule has 5 aromatic rings. The van der Waals surface area contributed by atoms with Crippen molar-refractivity contribution in [3.05, 3.63) is 96.9 Å². The van der Waals surface area contributed by atoms with Crippen LogP contribution in [-0.4, -0.2) is 59.7 Å². The molecule has 0 fully saturated rings. The van der Waals surface area contributed by atoms with Gasteiger partial charge in [-0.15, -0.1) is 11.3 Å². The minimum atomic E-state index is -0.736. The van der Waals surface area contributed by atoms with E-state index in [1.54, 1.807) is 11.8 Å². The molecule has 1 aromatic carbocycles. The highest BCUT2D eigenvalue weighted by atomic mass is 32.1. The molecule has 1 N–H and O–H groups in total. The number of rotatable bonds is 8. The molecule has 4 aromatic heterocycles. The summed E-state index contributed by atoms with van der Waals surface area (Å²) in [5.74, 6) is -0.884. The van der Waals surface area contributed by atoms with E-state index >= 15 is 0 Å². The number of amides is 1. The highest BCUT2D eigenvalue weighted by molar-refractivity contribution is 7.17. The second-order valence-electron chi connectivity index (χ2n) is 10.8. The van der Waals surface area contributed by atoms with Gasteiger partial charge in [-0.1, -0.05) is 19.2 Å². The second-order valence-corrected chi connectivity index (χ2v) is 11.8. The second kappa shape index (κ2) is 14.0. The van der Waals surface area contributed by atoms with E-state index in [-0.39, 0.29) is 18.3 Å². The number of carbonyl (C=O) groups is 1. The van der Waals surface area contributed by atoms with E-state index in [2.05, 4.69) is 23.0 Å². The Morgan fingerprint density at radius 3 is 2.76 bits per heavy atom. The summed E-state index contributed by atoms with van der Waals surface area (Å²) in [6.07, 6.45) is 6.27. The number of nitrogens with zero attached hydrogens (tertiary/aromatic N) is 6. The van der Waals surface area contributed by atoms with Gasteiger partial charge in [-0.2, -0.15) is 10.2 Å². The van der Waals surface area contributed by atoms with Crippen molar-refractivity contribution >= 4 is 44.3 Å². The van der Waals surface area contributed by atoms with Gasteiger partial charge in [0.15, 0.2) is 0 Å². The molecule has 0 aliphatic carbocycles. The summed E-state index contributed by atoms with van der Waals surface area (Å²) in [4.78, 5) is 19.1. The highest BCUT2D eigenvalue weighted by Crippen LogP contribution is 2.40. The number of aryl methyl sites for hydroxylation is 1. The molecule has 0 saturated carbocycles. The van der Waals surface area contributed by atoms with E-state index in [1.165, 1.54) is 29.8 Å². The van der Waals surface area contributed by atoms with Crippen molar-refractivity contribution in [1.29, 1.82) is 0 Å². The van der Waals surface area contributed by atoms with Gasteiger partial charge in [0.25, 0.3) is 0 Å². The van der Waals surface area contributed by atoms with Crippen LogP contribution in [0.5, 0.6) is 0 Å². The summed E-state index contributed by atoms with van der Waals surface area (Å²) in [6.45, 7) is 11.8. The molecule has 1 aliphatic heterocycles. The molecular formula is C34H34F2N6O3S. The minimum Gasteiger partial charge on any atom is -0.499 e. The predicted molar refractivity (Wildman–Crippen MR) is 178 cm³/mol. The number of aliphatic hydroxyl groups is 1. The number of thiophene rings is 1. The van der Waals surface area contributed by atoms with Gasteiger partial charge in [-0.05, 0) is 55.6 Å². The van der Waals surface area contributed by atoms with Crippen LogP contribution in [0.25, 0.3) is 49.7 Å². The lowest BCUT2D eigenvalue weighted by molar-refractivity contribution is -0.127. The van der Waals surface area contributed by atoms with Crippen molar-refractivity contribution in [1.82, 2.24) is 29.4 Å². The van der Waals surface area contributed by atoms with Crippen LogP contribution in [0.4, 0.5) is 8.78 Å². The van der Waals surface area contributed by atoms with Gasteiger partial charge in [0, 0.05) is 46.3 Å². The molecule has 0 saturated heterocycles. The van der Waals surface area contributed by atoms with E-state index in [4.69, 9.17) is 15.2 Å². The van der Waals surface area contributed by atoms with Crippen molar-refractivity contribution in [2.24, 2.45) is 7.05 Å². The van der Waals surface area contributed by atoms with E-state index in [1.807, 2.05) is 65.2 Å². The van der Waals surface area contributed by atoms with Gasteiger partial charge >= 0.3 is 0 Å². The quantitative estimate of drug-likeness (QED) is 0.110. The summed E-state index contributed by atoms with van der Waals surface area (Å²) in [5.41, 5.74) is 4.99. The number of fused-ring (bicyclic) bond motifs is 3. The molecule has 238 valence electrons. The van der Waals surface area contributed by atoms with E-state index in [9.17, 15) is 13.6 Å². The first-order valence-electron chi connectivity index (χ1n) is 14.5. The smallest absolute Gasteiger partial charge is 0.246 e. The highest BCUT2D eigenvalue weighted by Gasteiger charge is 2.28. The molecule has 1 aliphatic rings. The zero-order chi connectivity index (χ0) is 33.0. The third-order valence-corrected chi connectivity index (χ3v) is 8.37. The number of aliphatic hydroxyl groups excluding tert-OH is 1. The van der Waals surface area contributed by atoms with E-state index in [0.717, 1.165) is 44.0 Å². The number of aromatic nitrogens is 5. The molecule has 5 heterocycles. The van der Waals surface area contributed by atoms with Crippen LogP contribution in [0.15, 0.2) is 85.6 Å². The first-order chi connectivity index (χ1) is 22.1. The Kier molecular flexibility index (Phi) is 9.88. The fourth-order valence-electron chi connectivity index (χ4n) is 5.36. The Labute approximate surface area is 269 Å². The Morgan fingerprint density at radius 2 is 2.07 bits per heavy atom. The van der Waals surface area contributed by atoms with Gasteiger partial charge in [0.1, 0.15) is 23.8 Å². The predicted octanol–water partition coefficient (Wildman–Crippen LogP) is 7.12. The van der Waals surface area contributed by atoms with Crippen LogP contribution in [0.3, 0.4) is 0 Å². The van der Waals surface area contributed by atoms with Crippen LogP contribution >= 0.6 is 11.3 Å². The minimum absolute atomic E-state index is 0.0745. The zero-order valence-electron chi connectivity index (χ0n) is 25.7. The van der Waals surface area contributed by atoms with Crippen molar-refractivity contribution in [2.75, 3.05) is 13.2 Å². The molecule has 12 heteroatoms. The first-order valence-corrected chi connectivity index (χ1v) is 15.4. The number of pyridine rings is 1. The van der Waals surface area contributed by atoms with Gasteiger partial charge in [-0.3, -0.25) is 14.2 Å². The Morgan fingerprint density at radius 1 is 1.26 bits per heavy atom. The Balaban J connectivity index is 0.000000537. The number of ether oxygens (including phenoxy) is 1. The van der Waals surface area contributed by atoms with Crippen molar-refractivity contribution in [3.63, 3.8) is 0 Å². The summed E-state index contributed by atoms with van der Waals surface area (Å²) >= 11 is 1.46. The summed E-state index contributed by atoms with van der Waals surface area (Å²) < 4.78 is 36.7. The summed E-state index contributed by atoms with van der Waals surface area (Å²) in [7, 11) is 1.89. The summed E-state index contributed by atoms with van der Waals surface area (Å²) in [6, 6.07) is 9.79. The Hall–Kier alpha value is -4.94. The van der Waals surface area contributed by atoms with Crippen LogP contribution < -0.4 is 0 Å². The third kappa shape index (κ3) is 6.68. The fraction of sp³-hybridized carbons (Fsp3) is 0.235. The maximum atomic E-state index is 14.7. The maximum absolute atomic E-state index is 14.7. The lowest BCUT2D eigenvalue weighted by atomic mass is 10.0. The molecule has 2 atom stereocenters. The number of allylic oxidation sites excluding steroid dienone is 2. The van der Waals surface area contributed by atoms with E-state index in [0.29, 0.717) is 36.6 Å². The largest absolute Gasteiger partial charge is 0.499 e. The van der Waals surface area contributed by atoms with Gasteiger partial charge in [0.2, 0.25) is 5.91 Å². The lowest BCUT2D eigenvalue weighted by Gasteiger charge is -2.31. The van der Waals surface area contributed by atoms with Crippen molar-refractivity contribution in [3.8, 4) is 22.6 Å². The van der Waals surface area contributed by atoms with Gasteiger partial charge in [0.05, 0.1) is 54.4 Å². The van der Waals surface area contributed by atoms with Crippen molar-refractivity contribution < 1.29 is 23.4 Å². The standard InChI is InChI=1S/C29H24F2N6OS.C5H10O2/c1-4-26(38)36-15-17(2)37-21(16-36)13-24(34-37)28-23(12-20(31)7-9-30)29-22(8-10-39-29)27(33-28)18-5-6-25-19(11-18)14-32-35(25)3;1-3-7-4-5(2)6/h4-14,17H,1,15-16H2,2-3H3;3,5-6H,1,4H2,2H3/b9-7+,20-12?;. The van der Waals surface area contributed by atoms with Crippen LogP contribution in [0.2, 0.25) is 0 Å². The normalized spacial score (nSPS) is 15.5. The topological polar surface area (TPSA) is 98.3 Å². The molecule has 0 bridgehead atoms. The van der Waals surface area contributed by atoms with Gasteiger partial charge < -0.3 is 14.7 Å². The average Bonchev–Trinajstić information content (AvgIpc) is 3.79. The molecule has 9 nitrogen and oxygen atoms in total. The third-order valence-electron chi connectivity index (χ3n) is 7.42.